The van der Waals surface area contributed by atoms with Crippen molar-refractivity contribution in [3.8, 4) is 10.6 Å². The summed E-state index contributed by atoms with van der Waals surface area (Å²) in [5.74, 6) is -1.03. The van der Waals surface area contributed by atoms with Crippen LogP contribution in [0.5, 0.6) is 0 Å². The second-order valence-electron chi connectivity index (χ2n) is 7.10. The Morgan fingerprint density at radius 2 is 1.89 bits per heavy atom. The van der Waals surface area contributed by atoms with E-state index in [0.717, 1.165) is 23.4 Å². The molecule has 2 saturated heterocycles. The summed E-state index contributed by atoms with van der Waals surface area (Å²) in [5, 5.41) is 12.0. The SMILES string of the molecule is O=C(O)C1CCO[C@H]1C1CCN(C(=O)c2csc(-c3ccccc3)n2)CC1. The Bertz CT molecular complexity index is 814. The number of piperidine rings is 1. The van der Waals surface area contributed by atoms with E-state index in [4.69, 9.17) is 4.74 Å². The van der Waals surface area contributed by atoms with Crippen LogP contribution in [-0.2, 0) is 9.53 Å². The lowest BCUT2D eigenvalue weighted by Gasteiger charge is -2.35. The Morgan fingerprint density at radius 1 is 1.15 bits per heavy atom. The number of amides is 1. The molecule has 1 aromatic carbocycles. The molecule has 0 spiro atoms. The highest BCUT2D eigenvalue weighted by atomic mass is 32.1. The third-order valence-electron chi connectivity index (χ3n) is 5.49. The average molecular weight is 386 g/mol. The van der Waals surface area contributed by atoms with Crippen LogP contribution in [0.25, 0.3) is 10.6 Å². The maximum atomic E-state index is 12.8. The predicted molar refractivity (Wildman–Crippen MR) is 102 cm³/mol. The molecule has 0 radical (unpaired) electrons. The van der Waals surface area contributed by atoms with Gasteiger partial charge < -0.3 is 14.7 Å². The van der Waals surface area contributed by atoms with Crippen LogP contribution in [0.4, 0.5) is 0 Å². The second-order valence-corrected chi connectivity index (χ2v) is 7.96. The molecule has 2 aliphatic heterocycles. The zero-order valence-electron chi connectivity index (χ0n) is 14.9. The molecule has 2 aromatic rings. The van der Waals surface area contributed by atoms with E-state index in [1.165, 1.54) is 11.3 Å². The van der Waals surface area contributed by atoms with Gasteiger partial charge in [-0.1, -0.05) is 30.3 Å². The fraction of sp³-hybridized carbons (Fsp3) is 0.450. The smallest absolute Gasteiger partial charge is 0.309 e. The van der Waals surface area contributed by atoms with Crippen LogP contribution in [0.3, 0.4) is 0 Å². The average Bonchev–Trinajstić information content (AvgIpc) is 3.38. The minimum Gasteiger partial charge on any atom is -0.481 e. The second kappa shape index (κ2) is 7.78. The molecule has 2 atom stereocenters. The lowest BCUT2D eigenvalue weighted by atomic mass is 9.84. The zero-order chi connectivity index (χ0) is 18.8. The van der Waals surface area contributed by atoms with Gasteiger partial charge in [-0.2, -0.15) is 0 Å². The summed E-state index contributed by atoms with van der Waals surface area (Å²) in [4.78, 5) is 30.5. The molecule has 142 valence electrons. The van der Waals surface area contributed by atoms with Gasteiger partial charge in [0.15, 0.2) is 0 Å². The number of carboxylic acids is 1. The van der Waals surface area contributed by atoms with Gasteiger partial charge in [-0.25, -0.2) is 4.98 Å². The lowest BCUT2D eigenvalue weighted by Crippen LogP contribution is -2.43. The summed E-state index contributed by atoms with van der Waals surface area (Å²) >= 11 is 1.48. The van der Waals surface area contributed by atoms with Crippen LogP contribution in [0.1, 0.15) is 29.8 Å². The Kier molecular flexibility index (Phi) is 5.22. The summed E-state index contributed by atoms with van der Waals surface area (Å²) in [6.07, 6.45) is 1.91. The fourth-order valence-corrected chi connectivity index (χ4v) is 4.82. The minimum atomic E-state index is -0.771. The number of hydrogen-bond acceptors (Lipinski definition) is 5. The molecule has 0 aliphatic carbocycles. The maximum absolute atomic E-state index is 12.8. The van der Waals surface area contributed by atoms with Crippen LogP contribution in [-0.4, -0.2) is 52.7 Å². The van der Waals surface area contributed by atoms with Gasteiger partial charge in [-0.15, -0.1) is 11.3 Å². The normalized spacial score (nSPS) is 23.5. The number of benzene rings is 1. The quantitative estimate of drug-likeness (QED) is 0.873. The van der Waals surface area contributed by atoms with Crippen molar-refractivity contribution in [1.82, 2.24) is 9.88 Å². The van der Waals surface area contributed by atoms with E-state index in [2.05, 4.69) is 4.98 Å². The molecule has 1 N–H and O–H groups in total. The van der Waals surface area contributed by atoms with Gasteiger partial charge in [0.1, 0.15) is 10.7 Å². The molecule has 7 heteroatoms. The molecule has 0 saturated carbocycles. The highest BCUT2D eigenvalue weighted by Crippen LogP contribution is 2.34. The van der Waals surface area contributed by atoms with E-state index in [1.54, 1.807) is 0 Å². The van der Waals surface area contributed by atoms with Crippen LogP contribution < -0.4 is 0 Å². The third kappa shape index (κ3) is 3.75. The number of thiazole rings is 1. The molecule has 2 fully saturated rings. The number of carboxylic acid groups (broad SMARTS) is 1. The van der Waals surface area contributed by atoms with E-state index in [1.807, 2.05) is 40.6 Å². The fourth-order valence-electron chi connectivity index (χ4n) is 4.02. The molecule has 1 amide bonds. The number of aliphatic carboxylic acids is 1. The third-order valence-corrected chi connectivity index (χ3v) is 6.38. The minimum absolute atomic E-state index is 0.0472. The van der Waals surface area contributed by atoms with Gasteiger partial charge in [0.25, 0.3) is 5.91 Å². The van der Waals surface area contributed by atoms with Gasteiger partial charge in [0, 0.05) is 30.6 Å². The van der Waals surface area contributed by atoms with E-state index in [0.29, 0.717) is 31.8 Å². The number of aromatic nitrogens is 1. The predicted octanol–water partition coefficient (Wildman–Crippen LogP) is 3.15. The summed E-state index contributed by atoms with van der Waals surface area (Å²) in [6.45, 7) is 1.75. The van der Waals surface area contributed by atoms with E-state index in [9.17, 15) is 14.7 Å². The summed E-state index contributed by atoms with van der Waals surface area (Å²) in [7, 11) is 0. The highest BCUT2D eigenvalue weighted by molar-refractivity contribution is 7.13. The van der Waals surface area contributed by atoms with Crippen LogP contribution in [0.15, 0.2) is 35.7 Å². The molecule has 1 unspecified atom stereocenters. The van der Waals surface area contributed by atoms with Crippen molar-refractivity contribution in [3.05, 3.63) is 41.4 Å². The first kappa shape index (κ1) is 18.1. The number of hydrogen-bond donors (Lipinski definition) is 1. The largest absolute Gasteiger partial charge is 0.481 e. The van der Waals surface area contributed by atoms with Crippen molar-refractivity contribution in [2.24, 2.45) is 11.8 Å². The van der Waals surface area contributed by atoms with Crippen molar-refractivity contribution >= 4 is 23.2 Å². The van der Waals surface area contributed by atoms with Crippen LogP contribution in [0.2, 0.25) is 0 Å². The van der Waals surface area contributed by atoms with Crippen LogP contribution in [0, 0.1) is 11.8 Å². The van der Waals surface area contributed by atoms with Gasteiger partial charge in [-0.05, 0) is 25.2 Å². The number of likely N-dealkylation sites (tertiary alicyclic amines) is 1. The van der Waals surface area contributed by atoms with Crippen molar-refractivity contribution in [2.75, 3.05) is 19.7 Å². The summed E-state index contributed by atoms with van der Waals surface area (Å²) in [5.41, 5.74) is 1.50. The molecule has 6 nitrogen and oxygen atoms in total. The van der Waals surface area contributed by atoms with Crippen molar-refractivity contribution in [2.45, 2.75) is 25.4 Å². The zero-order valence-corrected chi connectivity index (χ0v) is 15.7. The molecule has 2 aliphatic rings. The number of nitrogens with zero attached hydrogens (tertiary/aromatic N) is 2. The molecular weight excluding hydrogens is 364 g/mol. The molecule has 4 rings (SSSR count). The van der Waals surface area contributed by atoms with E-state index in [-0.39, 0.29) is 17.9 Å². The van der Waals surface area contributed by atoms with E-state index < -0.39 is 11.9 Å². The van der Waals surface area contributed by atoms with Crippen molar-refractivity contribution < 1.29 is 19.4 Å². The highest BCUT2D eigenvalue weighted by Gasteiger charge is 2.41. The molecular formula is C20H22N2O4S. The first-order valence-corrected chi connectivity index (χ1v) is 10.2. The topological polar surface area (TPSA) is 79.7 Å². The van der Waals surface area contributed by atoms with Crippen molar-refractivity contribution in [1.29, 1.82) is 0 Å². The van der Waals surface area contributed by atoms with Gasteiger partial charge in [0.2, 0.25) is 0 Å². The monoisotopic (exact) mass is 386 g/mol. The maximum Gasteiger partial charge on any atom is 0.309 e. The summed E-state index contributed by atoms with van der Waals surface area (Å²) < 4.78 is 5.70. The molecule has 1 aromatic heterocycles. The van der Waals surface area contributed by atoms with Gasteiger partial charge in [-0.3, -0.25) is 9.59 Å². The van der Waals surface area contributed by atoms with Gasteiger partial charge in [0.05, 0.1) is 12.0 Å². The Morgan fingerprint density at radius 3 is 2.59 bits per heavy atom. The van der Waals surface area contributed by atoms with E-state index >= 15 is 0 Å². The number of ether oxygens (including phenoxy) is 1. The number of carbonyl (C=O) groups excluding carboxylic acids is 1. The first-order valence-electron chi connectivity index (χ1n) is 9.28. The lowest BCUT2D eigenvalue weighted by molar-refractivity contribution is -0.145. The van der Waals surface area contributed by atoms with Crippen molar-refractivity contribution in [3.63, 3.8) is 0 Å². The molecule has 0 bridgehead atoms. The molecule has 27 heavy (non-hydrogen) atoms. The Labute approximate surface area is 161 Å². The van der Waals surface area contributed by atoms with Crippen LogP contribution >= 0.6 is 11.3 Å². The Balaban J connectivity index is 1.38. The first-order chi connectivity index (χ1) is 13.1. The summed E-state index contributed by atoms with van der Waals surface area (Å²) in [6, 6.07) is 9.84. The van der Waals surface area contributed by atoms with Gasteiger partial charge >= 0.3 is 5.97 Å². The number of rotatable bonds is 4. The standard InChI is InChI=1S/C20H22N2O4S/c23-19(16-12-27-18(21-16)14-4-2-1-3-5-14)22-9-6-13(7-10-22)17-15(20(24)25)8-11-26-17/h1-5,12-13,15,17H,6-11H2,(H,24,25)/t15?,17-/m0/s1. The molecule has 3 heterocycles. The number of carbonyl (C=O) groups is 2. The Hall–Kier alpha value is -2.25.